The van der Waals surface area contributed by atoms with Crippen LogP contribution in [0.25, 0.3) is 10.8 Å². The van der Waals surface area contributed by atoms with Crippen LogP contribution in [0.2, 0.25) is 0 Å². The van der Waals surface area contributed by atoms with Crippen LogP contribution in [0.5, 0.6) is 11.5 Å². The molecule has 5 rings (SSSR count). The average Bonchev–Trinajstić information content (AvgIpc) is 3.43. The molecule has 2 aromatic heterocycles. The predicted octanol–water partition coefficient (Wildman–Crippen LogP) is 5.34. The molecule has 2 aromatic carbocycles. The third kappa shape index (κ3) is 3.19. The Hall–Kier alpha value is -3.45. The van der Waals surface area contributed by atoms with Gasteiger partial charge in [-0.15, -0.1) is 21.5 Å². The molecule has 4 aromatic rings. The van der Waals surface area contributed by atoms with E-state index in [1.807, 2.05) is 66.0 Å². The second-order valence-corrected chi connectivity index (χ2v) is 7.56. The van der Waals surface area contributed by atoms with E-state index in [-0.39, 0.29) is 5.89 Å². The highest BCUT2D eigenvalue weighted by atomic mass is 32.1. The minimum atomic E-state index is -0.675. The Labute approximate surface area is 170 Å². The van der Waals surface area contributed by atoms with Crippen molar-refractivity contribution in [1.29, 1.82) is 0 Å². The van der Waals surface area contributed by atoms with Gasteiger partial charge in [-0.1, -0.05) is 42.5 Å². The van der Waals surface area contributed by atoms with Crippen LogP contribution in [0.3, 0.4) is 0 Å². The molecule has 1 atom stereocenters. The molecule has 0 saturated heterocycles. The molecule has 0 fully saturated rings. The molecule has 0 unspecified atom stereocenters. The third-order valence-corrected chi connectivity index (χ3v) is 5.59. The second kappa shape index (κ2) is 7.18. The maximum absolute atomic E-state index is 13.2. The summed E-state index contributed by atoms with van der Waals surface area (Å²) in [4.78, 5) is 14.0. The van der Waals surface area contributed by atoms with E-state index in [4.69, 9.17) is 13.9 Å². The van der Waals surface area contributed by atoms with E-state index < -0.39 is 18.0 Å². The molecule has 0 saturated carbocycles. The number of rotatable bonds is 4. The summed E-state index contributed by atoms with van der Waals surface area (Å²) in [7, 11) is 0. The van der Waals surface area contributed by atoms with Crippen molar-refractivity contribution < 1.29 is 18.7 Å². The van der Waals surface area contributed by atoms with Crippen molar-refractivity contribution in [1.82, 2.24) is 10.2 Å². The lowest BCUT2D eigenvalue weighted by Crippen LogP contribution is -2.22. The fraction of sp³-hybridized carbons (Fsp3) is 0.136. The first-order valence-corrected chi connectivity index (χ1v) is 10.0. The summed E-state index contributed by atoms with van der Waals surface area (Å²) in [5, 5.41) is 10.0. The van der Waals surface area contributed by atoms with Crippen molar-refractivity contribution in [2.75, 3.05) is 0 Å². The van der Waals surface area contributed by atoms with Gasteiger partial charge in [0.1, 0.15) is 17.4 Å². The number of hydrogen-bond donors (Lipinski definition) is 0. The number of fused-ring (bicyclic) bond motifs is 2. The Morgan fingerprint density at radius 3 is 2.34 bits per heavy atom. The van der Waals surface area contributed by atoms with E-state index in [2.05, 4.69) is 10.2 Å². The van der Waals surface area contributed by atoms with Crippen LogP contribution in [-0.4, -0.2) is 16.2 Å². The first-order valence-electron chi connectivity index (χ1n) is 9.14. The molecule has 144 valence electrons. The van der Waals surface area contributed by atoms with Gasteiger partial charge in [0.05, 0.1) is 4.88 Å². The zero-order chi connectivity index (χ0) is 19.8. The molecule has 6 nitrogen and oxygen atoms in total. The molecule has 0 aliphatic carbocycles. The number of benzene rings is 2. The average molecular weight is 404 g/mol. The molecule has 0 spiro atoms. The van der Waals surface area contributed by atoms with Gasteiger partial charge in [-0.3, -0.25) is 4.79 Å². The molecule has 0 bridgehead atoms. The zero-order valence-corrected chi connectivity index (χ0v) is 16.3. The standard InChI is InChI=1S/C22H16N2O4S/c1-13(20-23-24-21(28-20)18-11-6-12-29-18)26-22(25)19-14-7-2-4-9-16(14)27-17-10-5-3-8-15(17)19/h2-13,19H,1H3/t13-/m0/s1. The van der Waals surface area contributed by atoms with Crippen molar-refractivity contribution in [2.24, 2.45) is 0 Å². The molecule has 0 amide bonds. The van der Waals surface area contributed by atoms with E-state index in [1.165, 1.54) is 11.3 Å². The Kier molecular flexibility index (Phi) is 4.37. The normalized spacial score (nSPS) is 13.8. The fourth-order valence-corrected chi connectivity index (χ4v) is 4.00. The Morgan fingerprint density at radius 1 is 1.00 bits per heavy atom. The van der Waals surface area contributed by atoms with Crippen molar-refractivity contribution in [3.63, 3.8) is 0 Å². The largest absolute Gasteiger partial charge is 0.457 e. The van der Waals surface area contributed by atoms with Crippen molar-refractivity contribution >= 4 is 17.3 Å². The summed E-state index contributed by atoms with van der Waals surface area (Å²) < 4.78 is 17.4. The summed E-state index contributed by atoms with van der Waals surface area (Å²) in [6.45, 7) is 1.72. The Bertz CT molecular complexity index is 1120. The van der Waals surface area contributed by atoms with Crippen LogP contribution in [0.4, 0.5) is 0 Å². The number of hydrogen-bond acceptors (Lipinski definition) is 7. The molecule has 1 aliphatic heterocycles. The maximum atomic E-state index is 13.2. The Morgan fingerprint density at radius 2 is 1.69 bits per heavy atom. The van der Waals surface area contributed by atoms with Crippen LogP contribution >= 0.6 is 11.3 Å². The van der Waals surface area contributed by atoms with E-state index in [0.29, 0.717) is 17.4 Å². The van der Waals surface area contributed by atoms with Gasteiger partial charge in [-0.05, 0) is 30.5 Å². The summed E-state index contributed by atoms with van der Waals surface area (Å²) in [6.07, 6.45) is -0.675. The highest BCUT2D eigenvalue weighted by Crippen LogP contribution is 2.44. The minimum Gasteiger partial charge on any atom is -0.457 e. The molecular formula is C22H16N2O4S. The number of esters is 1. The van der Waals surface area contributed by atoms with Crippen molar-refractivity contribution in [3.8, 4) is 22.3 Å². The zero-order valence-electron chi connectivity index (χ0n) is 15.4. The summed E-state index contributed by atoms with van der Waals surface area (Å²) >= 11 is 1.50. The third-order valence-electron chi connectivity index (χ3n) is 4.73. The second-order valence-electron chi connectivity index (χ2n) is 6.61. The number of carbonyl (C=O) groups is 1. The highest BCUT2D eigenvalue weighted by Gasteiger charge is 2.35. The lowest BCUT2D eigenvalue weighted by atomic mass is 9.88. The topological polar surface area (TPSA) is 74.5 Å². The number of aromatic nitrogens is 2. The predicted molar refractivity (Wildman–Crippen MR) is 107 cm³/mol. The van der Waals surface area contributed by atoms with Gasteiger partial charge in [-0.2, -0.15) is 0 Å². The quantitative estimate of drug-likeness (QED) is 0.428. The number of carbonyl (C=O) groups excluding carboxylic acids is 1. The molecule has 7 heteroatoms. The van der Waals surface area contributed by atoms with E-state index in [1.54, 1.807) is 6.92 Å². The van der Waals surface area contributed by atoms with E-state index in [0.717, 1.165) is 16.0 Å². The molecule has 0 radical (unpaired) electrons. The van der Waals surface area contributed by atoms with Gasteiger partial charge < -0.3 is 13.9 Å². The maximum Gasteiger partial charge on any atom is 0.318 e. The lowest BCUT2D eigenvalue weighted by Gasteiger charge is -2.27. The van der Waals surface area contributed by atoms with Crippen molar-refractivity contribution in [2.45, 2.75) is 18.9 Å². The van der Waals surface area contributed by atoms with Gasteiger partial charge in [0, 0.05) is 11.1 Å². The molecule has 29 heavy (non-hydrogen) atoms. The minimum absolute atomic E-state index is 0.260. The summed E-state index contributed by atoms with van der Waals surface area (Å²) in [5.41, 5.74) is 1.54. The Balaban J connectivity index is 1.42. The van der Waals surface area contributed by atoms with E-state index >= 15 is 0 Å². The smallest absolute Gasteiger partial charge is 0.318 e. The first kappa shape index (κ1) is 17.6. The van der Waals surface area contributed by atoms with Crippen molar-refractivity contribution in [3.05, 3.63) is 83.1 Å². The summed E-state index contributed by atoms with van der Waals surface area (Å²) in [6, 6.07) is 18.8. The molecular weight excluding hydrogens is 388 g/mol. The van der Waals surface area contributed by atoms with Gasteiger partial charge in [-0.25, -0.2) is 0 Å². The molecule has 3 heterocycles. The van der Waals surface area contributed by atoms with Gasteiger partial charge in [0.2, 0.25) is 0 Å². The number of nitrogens with zero attached hydrogens (tertiary/aromatic N) is 2. The van der Waals surface area contributed by atoms with Gasteiger partial charge in [0.15, 0.2) is 6.10 Å². The lowest BCUT2D eigenvalue weighted by molar-refractivity contribution is -0.150. The van der Waals surface area contributed by atoms with Crippen LogP contribution in [0.1, 0.15) is 36.0 Å². The monoisotopic (exact) mass is 404 g/mol. The van der Waals surface area contributed by atoms with Gasteiger partial charge in [0.25, 0.3) is 11.8 Å². The fourth-order valence-electron chi connectivity index (χ4n) is 3.36. The molecule has 0 N–H and O–H groups in total. The number of para-hydroxylation sites is 2. The van der Waals surface area contributed by atoms with Gasteiger partial charge >= 0.3 is 5.97 Å². The number of ether oxygens (including phenoxy) is 2. The highest BCUT2D eigenvalue weighted by molar-refractivity contribution is 7.13. The van der Waals surface area contributed by atoms with Crippen LogP contribution in [0, 0.1) is 0 Å². The van der Waals surface area contributed by atoms with Crippen LogP contribution in [0.15, 0.2) is 70.5 Å². The number of thiophene rings is 1. The van der Waals surface area contributed by atoms with E-state index in [9.17, 15) is 4.79 Å². The molecule has 1 aliphatic rings. The SMILES string of the molecule is C[C@H](OC(=O)C1c2ccccc2Oc2ccccc21)c1nnc(-c2cccs2)o1. The van der Waals surface area contributed by atoms with Crippen LogP contribution in [-0.2, 0) is 9.53 Å². The summed E-state index contributed by atoms with van der Waals surface area (Å²) in [5.74, 6) is 1.00. The van der Waals surface area contributed by atoms with Crippen LogP contribution < -0.4 is 4.74 Å². The first-order chi connectivity index (χ1) is 14.2.